The Morgan fingerprint density at radius 1 is 1.18 bits per heavy atom. The number of ether oxygens (including phenoxy) is 1. The standard InChI is InChI=1S/C35H42FN7O2/c1-24-8-5-9-26-10-6-11-31(33(24)26)41-17-15-29-30(23-41)38-35(45-25(2)21-40(4)27-13-14-27)39-34(29)42-18-19-43(28(22-42)20-37-3)32(44)12-7-16-36/h5-12,25,27-28H,13-23H2,1-2,4H3/b12-7+/t25-,28-/m0/s1. The van der Waals surface area contributed by atoms with E-state index in [1.54, 1.807) is 4.90 Å². The molecule has 1 amide bonds. The molecule has 0 bridgehead atoms. The average molecular weight is 612 g/mol. The smallest absolute Gasteiger partial charge is 0.318 e. The topological polar surface area (TPSA) is 69.4 Å². The number of hydrogen-bond acceptors (Lipinski definition) is 7. The summed E-state index contributed by atoms with van der Waals surface area (Å²) in [6, 6.07) is 13.6. The lowest BCUT2D eigenvalue weighted by Gasteiger charge is -2.41. The molecule has 3 aliphatic rings. The quantitative estimate of drug-likeness (QED) is 0.241. The molecule has 3 aromatic rings. The van der Waals surface area contributed by atoms with Gasteiger partial charge in [-0.15, -0.1) is 0 Å². The van der Waals surface area contributed by atoms with Crippen LogP contribution in [0.5, 0.6) is 6.01 Å². The van der Waals surface area contributed by atoms with Crippen molar-refractivity contribution in [2.45, 2.75) is 57.8 Å². The highest BCUT2D eigenvalue weighted by Crippen LogP contribution is 2.36. The molecule has 6 rings (SSSR count). The van der Waals surface area contributed by atoms with Crippen molar-refractivity contribution in [3.8, 4) is 6.01 Å². The summed E-state index contributed by atoms with van der Waals surface area (Å²) in [5.41, 5.74) is 4.48. The molecule has 1 aliphatic carbocycles. The van der Waals surface area contributed by atoms with Gasteiger partial charge in [0.05, 0.1) is 12.2 Å². The first-order chi connectivity index (χ1) is 21.9. The number of amides is 1. The first-order valence-electron chi connectivity index (χ1n) is 16.0. The lowest BCUT2D eigenvalue weighted by Crippen LogP contribution is -2.56. The second kappa shape index (κ2) is 13.4. The van der Waals surface area contributed by atoms with E-state index in [0.29, 0.717) is 38.2 Å². The zero-order chi connectivity index (χ0) is 31.5. The van der Waals surface area contributed by atoms with Gasteiger partial charge < -0.3 is 24.3 Å². The van der Waals surface area contributed by atoms with Gasteiger partial charge in [0.1, 0.15) is 24.6 Å². The van der Waals surface area contributed by atoms with Crippen molar-refractivity contribution >= 4 is 28.2 Å². The highest BCUT2D eigenvalue weighted by molar-refractivity contribution is 5.97. The van der Waals surface area contributed by atoms with Crippen LogP contribution in [0.4, 0.5) is 15.9 Å². The number of allylic oxidation sites excluding steroid dienone is 1. The normalized spacial score (nSPS) is 19.2. The van der Waals surface area contributed by atoms with E-state index in [4.69, 9.17) is 21.3 Å². The Labute approximate surface area is 265 Å². The third-order valence-corrected chi connectivity index (χ3v) is 9.19. The van der Waals surface area contributed by atoms with Crippen LogP contribution in [-0.4, -0.2) is 96.9 Å². The van der Waals surface area contributed by atoms with Gasteiger partial charge in [-0.1, -0.05) is 30.3 Å². The molecule has 10 heteroatoms. The van der Waals surface area contributed by atoms with Crippen LogP contribution in [0.2, 0.25) is 0 Å². The maximum absolute atomic E-state index is 12.8. The molecule has 2 aliphatic heterocycles. The fourth-order valence-electron chi connectivity index (χ4n) is 6.81. The van der Waals surface area contributed by atoms with Gasteiger partial charge in [-0.2, -0.15) is 9.97 Å². The van der Waals surface area contributed by atoms with E-state index < -0.39 is 6.67 Å². The maximum Gasteiger partial charge on any atom is 0.318 e. The fraction of sp³-hybridized carbons (Fsp3) is 0.486. The lowest BCUT2D eigenvalue weighted by molar-refractivity contribution is -0.128. The Kier molecular flexibility index (Phi) is 9.17. The molecule has 2 atom stereocenters. The van der Waals surface area contributed by atoms with Gasteiger partial charge in [0.2, 0.25) is 12.5 Å². The van der Waals surface area contributed by atoms with Crippen molar-refractivity contribution in [1.82, 2.24) is 19.8 Å². The minimum Gasteiger partial charge on any atom is -0.459 e. The highest BCUT2D eigenvalue weighted by Gasteiger charge is 2.35. The van der Waals surface area contributed by atoms with Gasteiger partial charge in [0, 0.05) is 61.5 Å². The Morgan fingerprint density at radius 2 is 1.98 bits per heavy atom. The number of aryl methyl sites for hydroxylation is 1. The Bertz CT molecular complexity index is 1610. The molecule has 3 heterocycles. The summed E-state index contributed by atoms with van der Waals surface area (Å²) in [5.74, 6) is 0.567. The van der Waals surface area contributed by atoms with Crippen molar-refractivity contribution in [2.75, 3.05) is 62.8 Å². The molecule has 0 unspecified atom stereocenters. The molecule has 0 spiro atoms. The number of likely N-dealkylation sites (N-methyl/N-ethyl adjacent to an activating group) is 1. The molecule has 236 valence electrons. The van der Waals surface area contributed by atoms with E-state index in [0.717, 1.165) is 36.6 Å². The number of hydrogen-bond donors (Lipinski definition) is 0. The van der Waals surface area contributed by atoms with Crippen molar-refractivity contribution in [1.29, 1.82) is 0 Å². The molecular weight excluding hydrogens is 569 g/mol. The monoisotopic (exact) mass is 611 g/mol. The number of anilines is 2. The Balaban J connectivity index is 1.32. The largest absolute Gasteiger partial charge is 0.459 e. The number of rotatable bonds is 10. The van der Waals surface area contributed by atoms with Crippen LogP contribution in [0.25, 0.3) is 15.6 Å². The summed E-state index contributed by atoms with van der Waals surface area (Å²) >= 11 is 0. The number of fused-ring (bicyclic) bond motifs is 2. The predicted molar refractivity (Wildman–Crippen MR) is 176 cm³/mol. The van der Waals surface area contributed by atoms with Crippen molar-refractivity contribution in [3.05, 3.63) is 76.8 Å². The maximum atomic E-state index is 12.8. The molecule has 1 saturated heterocycles. The second-order valence-corrected chi connectivity index (χ2v) is 12.5. The fourth-order valence-corrected chi connectivity index (χ4v) is 6.81. The van der Waals surface area contributed by atoms with E-state index in [1.807, 2.05) is 0 Å². The van der Waals surface area contributed by atoms with E-state index in [1.165, 1.54) is 47.0 Å². The van der Waals surface area contributed by atoms with E-state index in [9.17, 15) is 9.18 Å². The average Bonchev–Trinajstić information content (AvgIpc) is 3.89. The molecule has 2 aromatic carbocycles. The second-order valence-electron chi connectivity index (χ2n) is 12.5. The minimum atomic E-state index is -0.695. The van der Waals surface area contributed by atoms with Gasteiger partial charge in [-0.25, -0.2) is 11.0 Å². The molecule has 0 radical (unpaired) electrons. The molecule has 45 heavy (non-hydrogen) atoms. The van der Waals surface area contributed by atoms with Crippen LogP contribution >= 0.6 is 0 Å². The molecule has 1 saturated carbocycles. The molecular formula is C35H42FN7O2. The lowest BCUT2D eigenvalue weighted by atomic mass is 9.99. The number of nitrogens with zero attached hydrogens (tertiary/aromatic N) is 7. The van der Waals surface area contributed by atoms with Crippen LogP contribution < -0.4 is 14.5 Å². The molecule has 2 fully saturated rings. The van der Waals surface area contributed by atoms with Gasteiger partial charge in [-0.05, 0) is 63.2 Å². The number of benzene rings is 2. The summed E-state index contributed by atoms with van der Waals surface area (Å²) in [4.78, 5) is 35.1. The number of halogens is 1. The summed E-state index contributed by atoms with van der Waals surface area (Å²) in [6.45, 7) is 14.9. The first kappa shape index (κ1) is 30.8. The number of alkyl halides is 1. The minimum absolute atomic E-state index is 0.0893. The molecule has 0 N–H and O–H groups in total. The number of piperazine rings is 1. The van der Waals surface area contributed by atoms with Crippen molar-refractivity contribution in [3.63, 3.8) is 0 Å². The van der Waals surface area contributed by atoms with Crippen LogP contribution in [0, 0.1) is 13.5 Å². The van der Waals surface area contributed by atoms with Gasteiger partial charge in [0.25, 0.3) is 0 Å². The summed E-state index contributed by atoms with van der Waals surface area (Å²) in [5, 5.41) is 2.48. The Morgan fingerprint density at radius 3 is 2.73 bits per heavy atom. The Hall–Kier alpha value is -4.23. The summed E-state index contributed by atoms with van der Waals surface area (Å²) < 4.78 is 19.1. The summed E-state index contributed by atoms with van der Waals surface area (Å²) in [6.07, 6.45) is 5.63. The highest BCUT2D eigenvalue weighted by atomic mass is 19.1. The number of carbonyl (C=O) groups is 1. The van der Waals surface area contributed by atoms with Gasteiger partial charge >= 0.3 is 6.01 Å². The number of carbonyl (C=O) groups excluding carboxylic acids is 1. The third-order valence-electron chi connectivity index (χ3n) is 9.19. The van der Waals surface area contributed by atoms with Gasteiger partial charge in [-0.3, -0.25) is 9.69 Å². The van der Waals surface area contributed by atoms with E-state index in [2.05, 4.69) is 76.8 Å². The molecule has 9 nitrogen and oxygen atoms in total. The van der Waals surface area contributed by atoms with Gasteiger partial charge in [0.15, 0.2) is 0 Å². The number of aromatic nitrogens is 2. The van der Waals surface area contributed by atoms with Crippen LogP contribution in [0.3, 0.4) is 0 Å². The third kappa shape index (κ3) is 6.74. The van der Waals surface area contributed by atoms with E-state index >= 15 is 0 Å². The zero-order valence-corrected chi connectivity index (χ0v) is 26.5. The van der Waals surface area contributed by atoms with Crippen LogP contribution in [0.1, 0.15) is 36.6 Å². The first-order valence-corrected chi connectivity index (χ1v) is 16.0. The van der Waals surface area contributed by atoms with Crippen molar-refractivity contribution in [2.24, 2.45) is 0 Å². The van der Waals surface area contributed by atoms with Crippen LogP contribution in [-0.2, 0) is 17.8 Å². The van der Waals surface area contributed by atoms with E-state index in [-0.39, 0.29) is 24.6 Å². The SMILES string of the molecule is [C-]#[N+]C[C@H]1CN(c2nc(O[C@@H](C)CN(C)C3CC3)nc3c2CCN(c2cccc4cccc(C)c24)C3)CCN1C(=O)/C=C/CF. The molecule has 1 aromatic heterocycles. The van der Waals surface area contributed by atoms with Crippen LogP contribution in [0.15, 0.2) is 48.6 Å². The van der Waals surface area contributed by atoms with Crippen molar-refractivity contribution < 1.29 is 13.9 Å². The summed E-state index contributed by atoms with van der Waals surface area (Å²) in [7, 11) is 2.14. The predicted octanol–water partition coefficient (Wildman–Crippen LogP) is 4.82. The zero-order valence-electron chi connectivity index (χ0n) is 26.5.